The van der Waals surface area contributed by atoms with Crippen LogP contribution in [0.1, 0.15) is 32.1 Å². The van der Waals surface area contributed by atoms with E-state index in [4.69, 9.17) is 0 Å². The second kappa shape index (κ2) is 5.34. The van der Waals surface area contributed by atoms with Crippen molar-refractivity contribution in [2.24, 2.45) is 7.05 Å². The minimum atomic E-state index is 0.0841. The molecular formula is C12H21N3O. The van der Waals surface area contributed by atoms with Crippen LogP contribution in [-0.2, 0) is 13.6 Å². The van der Waals surface area contributed by atoms with Gasteiger partial charge < -0.3 is 9.88 Å². The maximum absolute atomic E-state index is 11.5. The van der Waals surface area contributed by atoms with E-state index in [1.165, 1.54) is 25.7 Å². The first kappa shape index (κ1) is 11.5. The van der Waals surface area contributed by atoms with Crippen molar-refractivity contribution in [2.45, 2.75) is 44.7 Å². The van der Waals surface area contributed by atoms with Gasteiger partial charge in [0.1, 0.15) is 0 Å². The lowest BCUT2D eigenvalue weighted by Crippen LogP contribution is -2.29. The van der Waals surface area contributed by atoms with E-state index in [9.17, 15) is 4.79 Å². The molecule has 16 heavy (non-hydrogen) atoms. The van der Waals surface area contributed by atoms with Gasteiger partial charge in [-0.3, -0.25) is 4.57 Å². The SMILES string of the molecule is Cn1ccn(CCCNC2CCCC2)c1=O. The molecule has 4 heteroatoms. The lowest BCUT2D eigenvalue weighted by molar-refractivity contribution is 0.491. The normalized spacial score (nSPS) is 17.1. The Morgan fingerprint density at radius 2 is 2.12 bits per heavy atom. The van der Waals surface area contributed by atoms with Crippen LogP contribution in [0.5, 0.6) is 0 Å². The van der Waals surface area contributed by atoms with E-state index in [-0.39, 0.29) is 5.69 Å². The lowest BCUT2D eigenvalue weighted by atomic mass is 10.2. The van der Waals surface area contributed by atoms with Gasteiger partial charge in [0.2, 0.25) is 0 Å². The summed E-state index contributed by atoms with van der Waals surface area (Å²) in [5.41, 5.74) is 0.0841. The highest BCUT2D eigenvalue weighted by molar-refractivity contribution is 4.80. The van der Waals surface area contributed by atoms with Crippen LogP contribution < -0.4 is 11.0 Å². The van der Waals surface area contributed by atoms with Crippen molar-refractivity contribution < 1.29 is 0 Å². The van der Waals surface area contributed by atoms with Gasteiger partial charge in [-0.2, -0.15) is 0 Å². The molecule has 1 N–H and O–H groups in total. The van der Waals surface area contributed by atoms with E-state index in [2.05, 4.69) is 5.32 Å². The van der Waals surface area contributed by atoms with Crippen LogP contribution >= 0.6 is 0 Å². The second-order valence-corrected chi connectivity index (χ2v) is 4.67. The molecule has 0 bridgehead atoms. The average Bonchev–Trinajstić information content (AvgIpc) is 2.88. The molecule has 0 amide bonds. The maximum Gasteiger partial charge on any atom is 0.327 e. The summed E-state index contributed by atoms with van der Waals surface area (Å²) in [7, 11) is 1.79. The molecule has 0 radical (unpaired) electrons. The molecule has 0 saturated heterocycles. The molecule has 90 valence electrons. The summed E-state index contributed by atoms with van der Waals surface area (Å²) in [5, 5.41) is 3.56. The molecule has 1 fully saturated rings. The molecular weight excluding hydrogens is 202 g/mol. The van der Waals surface area contributed by atoms with Crippen molar-refractivity contribution in [2.75, 3.05) is 6.54 Å². The first-order valence-electron chi connectivity index (χ1n) is 6.22. The van der Waals surface area contributed by atoms with E-state index in [1.807, 2.05) is 12.4 Å². The molecule has 1 aliphatic carbocycles. The molecule has 1 heterocycles. The highest BCUT2D eigenvalue weighted by Gasteiger charge is 2.13. The maximum atomic E-state index is 11.5. The zero-order valence-corrected chi connectivity index (χ0v) is 9.98. The van der Waals surface area contributed by atoms with Crippen molar-refractivity contribution in [3.8, 4) is 0 Å². The summed E-state index contributed by atoms with van der Waals surface area (Å²) in [6.45, 7) is 1.84. The summed E-state index contributed by atoms with van der Waals surface area (Å²) in [6, 6.07) is 0.729. The Balaban J connectivity index is 1.68. The van der Waals surface area contributed by atoms with Crippen LogP contribution in [0.4, 0.5) is 0 Å². The van der Waals surface area contributed by atoms with Crippen LogP contribution in [0, 0.1) is 0 Å². The van der Waals surface area contributed by atoms with Gasteiger partial charge in [0.25, 0.3) is 0 Å². The Bertz CT molecular complexity index is 374. The molecule has 0 aliphatic heterocycles. The number of nitrogens with one attached hydrogen (secondary N) is 1. The van der Waals surface area contributed by atoms with E-state index in [0.29, 0.717) is 0 Å². The van der Waals surface area contributed by atoms with Crippen LogP contribution in [0.15, 0.2) is 17.2 Å². The van der Waals surface area contributed by atoms with Gasteiger partial charge in [-0.05, 0) is 25.8 Å². The molecule has 2 rings (SSSR count). The summed E-state index contributed by atoms with van der Waals surface area (Å²) in [5.74, 6) is 0. The Labute approximate surface area is 96.3 Å². The molecule has 1 saturated carbocycles. The van der Waals surface area contributed by atoms with Crippen molar-refractivity contribution in [3.05, 3.63) is 22.9 Å². The molecule has 1 aromatic rings. The van der Waals surface area contributed by atoms with Crippen LogP contribution in [0.25, 0.3) is 0 Å². The third-order valence-electron chi connectivity index (χ3n) is 3.38. The topological polar surface area (TPSA) is 39.0 Å². The molecule has 0 unspecified atom stereocenters. The Morgan fingerprint density at radius 3 is 2.75 bits per heavy atom. The van der Waals surface area contributed by atoms with Gasteiger partial charge >= 0.3 is 5.69 Å². The predicted molar refractivity (Wildman–Crippen MR) is 64.5 cm³/mol. The van der Waals surface area contributed by atoms with Gasteiger partial charge in [0, 0.05) is 32.0 Å². The summed E-state index contributed by atoms with van der Waals surface area (Å²) in [4.78, 5) is 11.5. The van der Waals surface area contributed by atoms with E-state index < -0.39 is 0 Å². The Hall–Kier alpha value is -1.03. The van der Waals surface area contributed by atoms with Crippen LogP contribution in [-0.4, -0.2) is 21.7 Å². The van der Waals surface area contributed by atoms with Gasteiger partial charge in [-0.1, -0.05) is 12.8 Å². The number of nitrogens with zero attached hydrogens (tertiary/aromatic N) is 2. The summed E-state index contributed by atoms with van der Waals surface area (Å²) >= 11 is 0. The monoisotopic (exact) mass is 223 g/mol. The Kier molecular flexibility index (Phi) is 3.83. The van der Waals surface area contributed by atoms with E-state index in [1.54, 1.807) is 16.2 Å². The second-order valence-electron chi connectivity index (χ2n) is 4.67. The third-order valence-corrected chi connectivity index (χ3v) is 3.38. The molecule has 4 nitrogen and oxygen atoms in total. The highest BCUT2D eigenvalue weighted by atomic mass is 16.1. The van der Waals surface area contributed by atoms with Gasteiger partial charge in [-0.15, -0.1) is 0 Å². The first-order chi connectivity index (χ1) is 7.77. The van der Waals surface area contributed by atoms with Crippen molar-refractivity contribution in [3.63, 3.8) is 0 Å². The zero-order valence-electron chi connectivity index (χ0n) is 9.98. The standard InChI is InChI=1S/C12H21N3O/c1-14-9-10-15(12(14)16)8-4-7-13-11-5-2-3-6-11/h9-11,13H,2-8H2,1H3. The molecule has 0 aromatic carbocycles. The van der Waals surface area contributed by atoms with E-state index in [0.717, 1.165) is 25.6 Å². The minimum Gasteiger partial charge on any atom is -0.314 e. The largest absolute Gasteiger partial charge is 0.327 e. The number of imidazole rings is 1. The zero-order chi connectivity index (χ0) is 11.4. The van der Waals surface area contributed by atoms with Gasteiger partial charge in [0.05, 0.1) is 0 Å². The Morgan fingerprint density at radius 1 is 1.38 bits per heavy atom. The molecule has 0 spiro atoms. The van der Waals surface area contributed by atoms with Crippen LogP contribution in [0.3, 0.4) is 0 Å². The van der Waals surface area contributed by atoms with E-state index >= 15 is 0 Å². The number of aryl methyl sites for hydroxylation is 2. The fraction of sp³-hybridized carbons (Fsp3) is 0.750. The molecule has 0 atom stereocenters. The van der Waals surface area contributed by atoms with Gasteiger partial charge in [0.15, 0.2) is 0 Å². The quantitative estimate of drug-likeness (QED) is 0.759. The number of aromatic nitrogens is 2. The third kappa shape index (κ3) is 2.76. The molecule has 1 aliphatic rings. The fourth-order valence-corrected chi connectivity index (χ4v) is 2.37. The number of hydrogen-bond acceptors (Lipinski definition) is 2. The average molecular weight is 223 g/mol. The highest BCUT2D eigenvalue weighted by Crippen LogP contribution is 2.17. The summed E-state index contributed by atoms with van der Waals surface area (Å²) < 4.78 is 3.39. The first-order valence-corrected chi connectivity index (χ1v) is 6.22. The van der Waals surface area contributed by atoms with Crippen molar-refractivity contribution in [1.29, 1.82) is 0 Å². The van der Waals surface area contributed by atoms with Gasteiger partial charge in [-0.25, -0.2) is 4.79 Å². The number of rotatable bonds is 5. The predicted octanol–water partition coefficient (Wildman–Crippen LogP) is 1.11. The minimum absolute atomic E-state index is 0.0841. The summed E-state index contributed by atoms with van der Waals surface area (Å²) in [6.07, 6.45) is 10.1. The lowest BCUT2D eigenvalue weighted by Gasteiger charge is -2.11. The van der Waals surface area contributed by atoms with Crippen molar-refractivity contribution >= 4 is 0 Å². The molecule has 1 aromatic heterocycles. The fourth-order valence-electron chi connectivity index (χ4n) is 2.37. The van der Waals surface area contributed by atoms with Crippen LogP contribution in [0.2, 0.25) is 0 Å². The smallest absolute Gasteiger partial charge is 0.314 e. The van der Waals surface area contributed by atoms with Crippen molar-refractivity contribution in [1.82, 2.24) is 14.5 Å². The number of hydrogen-bond donors (Lipinski definition) is 1.